The van der Waals surface area contributed by atoms with Gasteiger partial charge in [-0.15, -0.1) is 0 Å². The van der Waals surface area contributed by atoms with Gasteiger partial charge >= 0.3 is 5.97 Å². The summed E-state index contributed by atoms with van der Waals surface area (Å²) in [6, 6.07) is 9.09. The van der Waals surface area contributed by atoms with E-state index in [2.05, 4.69) is 5.32 Å². The van der Waals surface area contributed by atoms with Crippen LogP contribution in [0, 0.1) is 0 Å². The molecule has 1 heterocycles. The van der Waals surface area contributed by atoms with Crippen molar-refractivity contribution in [1.29, 1.82) is 0 Å². The van der Waals surface area contributed by atoms with E-state index in [1.807, 2.05) is 18.2 Å². The molecule has 1 amide bonds. The van der Waals surface area contributed by atoms with E-state index in [0.717, 1.165) is 24.0 Å². The van der Waals surface area contributed by atoms with Crippen molar-refractivity contribution in [3.63, 3.8) is 0 Å². The molecule has 1 aromatic carbocycles. The van der Waals surface area contributed by atoms with Gasteiger partial charge < -0.3 is 14.8 Å². The Hall–Kier alpha value is -2.56. The van der Waals surface area contributed by atoms with E-state index in [4.69, 9.17) is 9.52 Å². The Morgan fingerprint density at radius 3 is 2.61 bits per heavy atom. The summed E-state index contributed by atoms with van der Waals surface area (Å²) in [4.78, 5) is 23.7. The maximum atomic E-state index is 12.6. The van der Waals surface area contributed by atoms with Crippen LogP contribution in [0.2, 0.25) is 0 Å². The number of hydrogen-bond donors (Lipinski definition) is 2. The molecule has 0 atom stereocenters. The Morgan fingerprint density at radius 1 is 1.17 bits per heavy atom. The summed E-state index contributed by atoms with van der Waals surface area (Å²) in [5, 5.41) is 12.1. The number of carboxylic acids is 1. The number of carboxylic acid groups (broad SMARTS) is 1. The van der Waals surface area contributed by atoms with Crippen LogP contribution in [0.3, 0.4) is 0 Å². The number of benzene rings is 1. The molecule has 0 aliphatic heterocycles. The monoisotopic (exact) mass is 313 g/mol. The van der Waals surface area contributed by atoms with E-state index in [1.165, 1.54) is 0 Å². The predicted octanol–water partition coefficient (Wildman–Crippen LogP) is 3.46. The quantitative estimate of drug-likeness (QED) is 0.886. The second kappa shape index (κ2) is 6.28. The van der Waals surface area contributed by atoms with Crippen molar-refractivity contribution in [3.05, 3.63) is 48.4 Å². The van der Waals surface area contributed by atoms with E-state index in [-0.39, 0.29) is 12.3 Å². The number of furan rings is 1. The number of amides is 1. The second-order valence-electron chi connectivity index (χ2n) is 6.10. The van der Waals surface area contributed by atoms with Crippen LogP contribution in [0.15, 0.2) is 47.3 Å². The summed E-state index contributed by atoms with van der Waals surface area (Å²) >= 11 is 0. The van der Waals surface area contributed by atoms with Gasteiger partial charge in [-0.1, -0.05) is 25.0 Å². The molecule has 3 rings (SSSR count). The first kappa shape index (κ1) is 15.3. The summed E-state index contributed by atoms with van der Waals surface area (Å²) in [7, 11) is 0. The third-order valence-electron chi connectivity index (χ3n) is 4.41. The first-order chi connectivity index (χ1) is 11.1. The number of hydrogen-bond acceptors (Lipinski definition) is 3. The molecule has 23 heavy (non-hydrogen) atoms. The molecule has 1 saturated carbocycles. The molecular formula is C18H19NO4. The lowest BCUT2D eigenvalue weighted by molar-refractivity contribution is -0.138. The Labute approximate surface area is 134 Å². The van der Waals surface area contributed by atoms with Gasteiger partial charge in [-0.05, 0) is 36.6 Å². The highest BCUT2D eigenvalue weighted by Gasteiger charge is 2.37. The summed E-state index contributed by atoms with van der Waals surface area (Å²) in [6.45, 7) is 0. The van der Waals surface area contributed by atoms with Crippen LogP contribution < -0.4 is 5.32 Å². The smallest absolute Gasteiger partial charge is 0.305 e. The Morgan fingerprint density at radius 2 is 1.96 bits per heavy atom. The molecule has 5 heteroatoms. The highest BCUT2D eigenvalue weighted by molar-refractivity contribution is 5.96. The first-order valence-electron chi connectivity index (χ1n) is 7.75. The van der Waals surface area contributed by atoms with Crippen LogP contribution in [0.25, 0.3) is 11.1 Å². The molecule has 2 N–H and O–H groups in total. The second-order valence-corrected chi connectivity index (χ2v) is 6.10. The molecule has 5 nitrogen and oxygen atoms in total. The summed E-state index contributed by atoms with van der Waals surface area (Å²) in [5.74, 6) is -1.10. The van der Waals surface area contributed by atoms with Crippen molar-refractivity contribution < 1.29 is 19.1 Å². The normalized spacial score (nSPS) is 16.2. The highest BCUT2D eigenvalue weighted by Crippen LogP contribution is 2.33. The molecule has 0 saturated heterocycles. The van der Waals surface area contributed by atoms with Crippen LogP contribution in [-0.4, -0.2) is 22.5 Å². The zero-order chi connectivity index (χ0) is 16.3. The van der Waals surface area contributed by atoms with E-state index in [9.17, 15) is 9.59 Å². The lowest BCUT2D eigenvalue weighted by Crippen LogP contribution is -2.47. The van der Waals surface area contributed by atoms with Gasteiger partial charge in [0.25, 0.3) is 5.91 Å². The minimum atomic E-state index is -0.876. The average Bonchev–Trinajstić information content (AvgIpc) is 3.19. The fourth-order valence-electron chi connectivity index (χ4n) is 3.27. The fourth-order valence-corrected chi connectivity index (χ4v) is 3.27. The Bertz CT molecular complexity index is 700. The zero-order valence-electron chi connectivity index (χ0n) is 12.7. The molecular weight excluding hydrogens is 294 g/mol. The Balaban J connectivity index is 1.80. The topological polar surface area (TPSA) is 79.5 Å². The van der Waals surface area contributed by atoms with E-state index in [0.29, 0.717) is 18.4 Å². The Kier molecular flexibility index (Phi) is 4.19. The molecule has 0 radical (unpaired) electrons. The lowest BCUT2D eigenvalue weighted by atomic mass is 9.92. The molecule has 2 aromatic rings. The summed E-state index contributed by atoms with van der Waals surface area (Å²) in [6.07, 6.45) is 6.51. The van der Waals surface area contributed by atoms with Crippen LogP contribution in [0.4, 0.5) is 0 Å². The average molecular weight is 313 g/mol. The molecule has 120 valence electrons. The van der Waals surface area contributed by atoms with Crippen molar-refractivity contribution in [2.45, 2.75) is 37.6 Å². The largest absolute Gasteiger partial charge is 0.481 e. The molecule has 1 aromatic heterocycles. The van der Waals surface area contributed by atoms with Gasteiger partial charge in [0.1, 0.15) is 0 Å². The van der Waals surface area contributed by atoms with Gasteiger partial charge in [0.05, 0.1) is 24.5 Å². The van der Waals surface area contributed by atoms with Crippen LogP contribution >= 0.6 is 0 Å². The maximum Gasteiger partial charge on any atom is 0.305 e. The van der Waals surface area contributed by atoms with Crippen LogP contribution in [0.5, 0.6) is 0 Å². The standard InChI is InChI=1S/C18H19NO4/c20-16(21)11-18(7-1-2-8-18)19-17(22)14-5-3-4-13(10-14)15-6-9-23-12-15/h3-6,9-10,12H,1-2,7-8,11H2,(H,19,22)(H,20,21). The van der Waals surface area contributed by atoms with Gasteiger partial charge in [-0.25, -0.2) is 0 Å². The van der Waals surface area contributed by atoms with Gasteiger partial charge in [0, 0.05) is 11.1 Å². The maximum absolute atomic E-state index is 12.6. The fraction of sp³-hybridized carbons (Fsp3) is 0.333. The van der Waals surface area contributed by atoms with E-state index < -0.39 is 11.5 Å². The minimum absolute atomic E-state index is 0.0276. The number of rotatable bonds is 5. The van der Waals surface area contributed by atoms with Crippen LogP contribution in [-0.2, 0) is 4.79 Å². The van der Waals surface area contributed by atoms with Gasteiger partial charge in [0.2, 0.25) is 0 Å². The number of carbonyl (C=O) groups excluding carboxylic acids is 1. The lowest BCUT2D eigenvalue weighted by Gasteiger charge is -2.28. The highest BCUT2D eigenvalue weighted by atomic mass is 16.4. The van der Waals surface area contributed by atoms with Crippen molar-refractivity contribution in [1.82, 2.24) is 5.32 Å². The van der Waals surface area contributed by atoms with Gasteiger partial charge in [-0.2, -0.15) is 0 Å². The summed E-state index contributed by atoms with van der Waals surface area (Å²) < 4.78 is 5.07. The zero-order valence-corrected chi connectivity index (χ0v) is 12.7. The third kappa shape index (κ3) is 3.44. The summed E-state index contributed by atoms with van der Waals surface area (Å²) in [5.41, 5.74) is 1.71. The van der Waals surface area contributed by atoms with Crippen molar-refractivity contribution >= 4 is 11.9 Å². The number of aliphatic carboxylic acids is 1. The van der Waals surface area contributed by atoms with Crippen molar-refractivity contribution in [2.75, 3.05) is 0 Å². The third-order valence-corrected chi connectivity index (χ3v) is 4.41. The van der Waals surface area contributed by atoms with Crippen LogP contribution in [0.1, 0.15) is 42.5 Å². The van der Waals surface area contributed by atoms with Crippen molar-refractivity contribution in [3.8, 4) is 11.1 Å². The van der Waals surface area contributed by atoms with E-state index >= 15 is 0 Å². The number of carbonyl (C=O) groups is 2. The minimum Gasteiger partial charge on any atom is -0.481 e. The number of nitrogens with one attached hydrogen (secondary N) is 1. The molecule has 0 bridgehead atoms. The molecule has 0 unspecified atom stereocenters. The SMILES string of the molecule is O=C(O)CC1(NC(=O)c2cccc(-c3ccoc3)c2)CCCC1. The van der Waals surface area contributed by atoms with Gasteiger partial charge in [-0.3, -0.25) is 9.59 Å². The molecule has 0 spiro atoms. The predicted molar refractivity (Wildman–Crippen MR) is 85.1 cm³/mol. The first-order valence-corrected chi connectivity index (χ1v) is 7.75. The van der Waals surface area contributed by atoms with E-state index in [1.54, 1.807) is 24.7 Å². The molecule has 1 aliphatic rings. The molecule has 1 aliphatic carbocycles. The van der Waals surface area contributed by atoms with Gasteiger partial charge in [0.15, 0.2) is 0 Å². The molecule has 1 fully saturated rings. The van der Waals surface area contributed by atoms with Crippen molar-refractivity contribution in [2.24, 2.45) is 0 Å².